The molecule has 1 aliphatic rings. The van der Waals surface area contributed by atoms with Crippen molar-refractivity contribution in [3.8, 4) is 0 Å². The van der Waals surface area contributed by atoms with Crippen LogP contribution >= 0.6 is 37.7 Å². The van der Waals surface area contributed by atoms with Crippen molar-refractivity contribution in [3.05, 3.63) is 0 Å². The molecule has 1 saturated carbocycles. The second-order valence-corrected chi connectivity index (χ2v) is 31.2. The molecule has 0 amide bonds. The number of halogens is 4. The first-order valence-electron chi connectivity index (χ1n) is 4.92. The van der Waals surface area contributed by atoms with Crippen molar-refractivity contribution in [1.29, 1.82) is 0 Å². The summed E-state index contributed by atoms with van der Waals surface area (Å²) in [6.45, 7) is 7.89. The average Bonchev–Trinajstić information content (AvgIpc) is 2.17. The van der Waals surface area contributed by atoms with E-state index in [0.29, 0.717) is 5.41 Å². The van der Waals surface area contributed by atoms with Gasteiger partial charge in [0.15, 0.2) is 0 Å². The Morgan fingerprint density at radius 2 is 1.62 bits per heavy atom. The van der Waals surface area contributed by atoms with Crippen LogP contribution in [0.3, 0.4) is 0 Å². The third-order valence-electron chi connectivity index (χ3n) is 2.95. The zero-order chi connectivity index (χ0) is 13.2. The van der Waals surface area contributed by atoms with Gasteiger partial charge in [-0.15, -0.1) is 0 Å². The van der Waals surface area contributed by atoms with E-state index >= 15 is 0 Å². The predicted molar refractivity (Wildman–Crippen MR) is 72.3 cm³/mol. The molecule has 1 fully saturated rings. The van der Waals surface area contributed by atoms with Gasteiger partial charge >= 0.3 is 52.9 Å². The maximum atomic E-state index is 5.67. The zero-order valence-electron chi connectivity index (χ0n) is 9.76. The van der Waals surface area contributed by atoms with Gasteiger partial charge in [0.25, 0.3) is 0 Å². The summed E-state index contributed by atoms with van der Waals surface area (Å²) in [4.78, 5) is 0. The van der Waals surface area contributed by atoms with E-state index in [1.54, 1.807) is 0 Å². The summed E-state index contributed by atoms with van der Waals surface area (Å²) in [7, 11) is 16.0. The summed E-state index contributed by atoms with van der Waals surface area (Å²) in [5, 5.41) is 0. The van der Waals surface area contributed by atoms with Gasteiger partial charge in [-0.05, 0) is 36.6 Å². The fraction of sp³-hybridized carbons (Fsp3) is 1.00. The summed E-state index contributed by atoms with van der Waals surface area (Å²) < 4.78 is 4.85. The molecule has 16 heavy (non-hydrogen) atoms. The van der Waals surface area contributed by atoms with E-state index in [2.05, 4.69) is 20.8 Å². The molecule has 0 aromatic rings. The molecule has 0 aromatic heterocycles. The second-order valence-electron chi connectivity index (χ2n) is 5.01. The zero-order valence-corrected chi connectivity index (χ0v) is 15.1. The van der Waals surface area contributed by atoms with Crippen LogP contribution in [0.5, 0.6) is 0 Å². The number of hydrogen-bond donors (Lipinski definition) is 2. The number of rotatable bonds is 1. The van der Waals surface area contributed by atoms with E-state index in [1.807, 2.05) is 0 Å². The molecule has 0 heterocycles. The normalized spacial score (nSPS) is 31.2. The average molecular weight is 494 g/mol. The van der Waals surface area contributed by atoms with Gasteiger partial charge in [-0.3, -0.25) is 0 Å². The van der Waals surface area contributed by atoms with Crippen LogP contribution in [-0.4, -0.2) is 6.54 Å². The van der Waals surface area contributed by atoms with Crippen LogP contribution in [0, 0.1) is 17.3 Å². The van der Waals surface area contributed by atoms with Gasteiger partial charge in [0, 0.05) is 0 Å². The molecule has 1 rings (SSSR count). The molecule has 2 nitrogen and oxygen atoms in total. The van der Waals surface area contributed by atoms with E-state index in [1.165, 1.54) is 12.8 Å². The van der Waals surface area contributed by atoms with Crippen LogP contribution in [0.25, 0.3) is 0 Å². The van der Waals surface area contributed by atoms with Gasteiger partial charge in [0.1, 0.15) is 0 Å². The predicted octanol–water partition coefficient (Wildman–Crippen LogP) is 4.18. The van der Waals surface area contributed by atoms with Gasteiger partial charge in [-0.1, -0.05) is 20.8 Å². The first-order valence-corrected chi connectivity index (χ1v) is 17.5. The molecular formula is C9H21Cl4N2Pt. The SMILES string of the molecule is C[C@H]1C[C@@H](CN)C(C)(C)C1.[NH2][Pt]([Cl])([Cl])([Cl])[Cl]. The standard InChI is InChI=1S/C9H19N.4ClH.H2N.Pt/c1-7-4-8(6-10)9(2,3)5-7;;;;;;/h7-8H,4-6,10H2,1-3H3;4*1H;1H2;/q;;;;;-1;+5/p-4/t7-,8-;;;;;;/m0....../s1. The van der Waals surface area contributed by atoms with Gasteiger partial charge < -0.3 is 5.73 Å². The molecule has 1 aliphatic carbocycles. The summed E-state index contributed by atoms with van der Waals surface area (Å²) >= 11 is 0. The van der Waals surface area contributed by atoms with E-state index in [9.17, 15) is 0 Å². The fourth-order valence-electron chi connectivity index (χ4n) is 2.37. The minimum absolute atomic E-state index is 0.508. The summed E-state index contributed by atoms with van der Waals surface area (Å²) in [6.07, 6.45) is 2.69. The van der Waals surface area contributed by atoms with Crippen molar-refractivity contribution < 1.29 is 10.9 Å². The van der Waals surface area contributed by atoms with Crippen LogP contribution < -0.4 is 10.0 Å². The Labute approximate surface area is 115 Å². The Kier molecular flexibility index (Phi) is 6.46. The summed E-state index contributed by atoms with van der Waals surface area (Å²) in [6, 6.07) is 0. The fourth-order valence-corrected chi connectivity index (χ4v) is 2.37. The first-order chi connectivity index (χ1) is 6.80. The van der Waals surface area contributed by atoms with Crippen molar-refractivity contribution in [2.45, 2.75) is 33.6 Å². The van der Waals surface area contributed by atoms with E-state index in [-0.39, 0.29) is 0 Å². The molecule has 105 valence electrons. The third kappa shape index (κ3) is 9.76. The minimum atomic E-state index is -4.16. The molecule has 4 N–H and O–H groups in total. The van der Waals surface area contributed by atoms with Gasteiger partial charge in [-0.2, -0.15) is 0 Å². The summed E-state index contributed by atoms with van der Waals surface area (Å²) in [5.74, 6) is 1.66. The van der Waals surface area contributed by atoms with E-state index in [4.69, 9.17) is 47.7 Å². The molecule has 0 spiro atoms. The molecule has 0 unspecified atom stereocenters. The molecular weight excluding hydrogens is 473 g/mol. The second kappa shape index (κ2) is 5.82. The monoisotopic (exact) mass is 492 g/mol. The van der Waals surface area contributed by atoms with E-state index in [0.717, 1.165) is 18.4 Å². The molecule has 0 aromatic carbocycles. The van der Waals surface area contributed by atoms with Crippen molar-refractivity contribution in [3.63, 3.8) is 0 Å². The Hall–Kier alpha value is 1.77. The number of nitrogens with two attached hydrogens (primary N) is 2. The van der Waals surface area contributed by atoms with Crippen LogP contribution in [0.2, 0.25) is 0 Å². The van der Waals surface area contributed by atoms with Gasteiger partial charge in [-0.25, -0.2) is 0 Å². The molecule has 0 bridgehead atoms. The van der Waals surface area contributed by atoms with Crippen molar-refractivity contribution in [2.24, 2.45) is 27.3 Å². The van der Waals surface area contributed by atoms with Crippen LogP contribution in [-0.2, 0) is 10.9 Å². The van der Waals surface area contributed by atoms with Crippen molar-refractivity contribution in [2.75, 3.05) is 6.54 Å². The molecule has 0 radical (unpaired) electrons. The topological polar surface area (TPSA) is 52.0 Å². The Morgan fingerprint density at radius 1 is 1.25 bits per heavy atom. The van der Waals surface area contributed by atoms with Crippen LogP contribution in [0.1, 0.15) is 33.6 Å². The van der Waals surface area contributed by atoms with Crippen LogP contribution in [0.15, 0.2) is 0 Å². The Bertz CT molecular complexity index is 220. The van der Waals surface area contributed by atoms with Crippen LogP contribution in [0.4, 0.5) is 0 Å². The molecule has 7 heteroatoms. The summed E-state index contributed by atoms with van der Waals surface area (Å²) in [5.41, 5.74) is 6.18. The Morgan fingerprint density at radius 3 is 1.75 bits per heavy atom. The van der Waals surface area contributed by atoms with Gasteiger partial charge in [0.05, 0.1) is 0 Å². The van der Waals surface area contributed by atoms with Crippen molar-refractivity contribution >= 4 is 37.7 Å². The first kappa shape index (κ1) is 17.8. The van der Waals surface area contributed by atoms with E-state index < -0.39 is 10.9 Å². The molecule has 0 aliphatic heterocycles. The third-order valence-corrected chi connectivity index (χ3v) is 2.95. The molecule has 0 saturated heterocycles. The Balaban J connectivity index is 0.000000325. The van der Waals surface area contributed by atoms with Gasteiger partial charge in [0.2, 0.25) is 0 Å². The molecule has 2 atom stereocenters. The number of hydrogen-bond acceptors (Lipinski definition) is 2. The maximum absolute atomic E-state index is 5.67. The quantitative estimate of drug-likeness (QED) is 0.575. The van der Waals surface area contributed by atoms with Crippen molar-refractivity contribution in [1.82, 2.24) is 0 Å².